The SMILES string of the molecule is Cc1ccc(C(O)CN(C)CCC(F)(F)F)cc1. The largest absolute Gasteiger partial charge is 0.390 e. The van der Waals surface area contributed by atoms with Crippen molar-refractivity contribution < 1.29 is 18.3 Å². The first-order chi connectivity index (χ1) is 8.28. The monoisotopic (exact) mass is 261 g/mol. The minimum absolute atomic E-state index is 0.105. The lowest BCUT2D eigenvalue weighted by atomic mass is 10.1. The molecule has 0 saturated heterocycles. The van der Waals surface area contributed by atoms with Gasteiger partial charge in [-0.25, -0.2) is 0 Å². The van der Waals surface area contributed by atoms with Crippen LogP contribution in [0.2, 0.25) is 0 Å². The van der Waals surface area contributed by atoms with E-state index < -0.39 is 18.7 Å². The first-order valence-electron chi connectivity index (χ1n) is 5.78. The van der Waals surface area contributed by atoms with E-state index in [1.807, 2.05) is 19.1 Å². The Balaban J connectivity index is 2.44. The maximum atomic E-state index is 12.0. The molecule has 2 nitrogen and oxygen atoms in total. The molecule has 0 heterocycles. The lowest BCUT2D eigenvalue weighted by Gasteiger charge is -2.21. The summed E-state index contributed by atoms with van der Waals surface area (Å²) in [6, 6.07) is 7.32. The number of nitrogens with zero attached hydrogens (tertiary/aromatic N) is 1. The summed E-state index contributed by atoms with van der Waals surface area (Å²) >= 11 is 0. The molecule has 18 heavy (non-hydrogen) atoms. The number of rotatable bonds is 5. The molecule has 1 rings (SSSR count). The third-order valence-corrected chi connectivity index (χ3v) is 2.72. The molecule has 0 amide bonds. The molecule has 1 aromatic rings. The Morgan fingerprint density at radius 1 is 1.22 bits per heavy atom. The molecular formula is C13H18F3NO. The highest BCUT2D eigenvalue weighted by atomic mass is 19.4. The third-order valence-electron chi connectivity index (χ3n) is 2.72. The van der Waals surface area contributed by atoms with Gasteiger partial charge in [0.25, 0.3) is 0 Å². The summed E-state index contributed by atoms with van der Waals surface area (Å²) in [5.41, 5.74) is 1.80. The van der Waals surface area contributed by atoms with Crippen LogP contribution in [0.3, 0.4) is 0 Å². The highest BCUT2D eigenvalue weighted by Gasteiger charge is 2.27. The normalized spacial score (nSPS) is 13.9. The number of alkyl halides is 3. The number of hydrogen-bond donors (Lipinski definition) is 1. The fourth-order valence-electron chi connectivity index (χ4n) is 1.60. The van der Waals surface area contributed by atoms with Gasteiger partial charge in [-0.1, -0.05) is 29.8 Å². The Kier molecular flexibility index (Phi) is 5.16. The Bertz CT molecular complexity index is 361. The summed E-state index contributed by atoms with van der Waals surface area (Å²) in [4.78, 5) is 1.48. The molecule has 0 bridgehead atoms. The molecule has 102 valence electrons. The summed E-state index contributed by atoms with van der Waals surface area (Å²) in [7, 11) is 1.57. The van der Waals surface area contributed by atoms with E-state index >= 15 is 0 Å². The second-order valence-corrected chi connectivity index (χ2v) is 4.55. The molecule has 1 unspecified atom stereocenters. The zero-order valence-electron chi connectivity index (χ0n) is 10.5. The Hall–Kier alpha value is -1.07. The van der Waals surface area contributed by atoms with Crippen LogP contribution in [0.25, 0.3) is 0 Å². The highest BCUT2D eigenvalue weighted by molar-refractivity contribution is 5.23. The van der Waals surface area contributed by atoms with Crippen molar-refractivity contribution in [2.75, 3.05) is 20.1 Å². The highest BCUT2D eigenvalue weighted by Crippen LogP contribution is 2.20. The van der Waals surface area contributed by atoms with Crippen molar-refractivity contribution in [3.63, 3.8) is 0 Å². The molecule has 1 atom stereocenters. The van der Waals surface area contributed by atoms with Gasteiger partial charge in [0.2, 0.25) is 0 Å². The van der Waals surface area contributed by atoms with Gasteiger partial charge in [0.05, 0.1) is 12.5 Å². The zero-order chi connectivity index (χ0) is 13.8. The van der Waals surface area contributed by atoms with Gasteiger partial charge in [0, 0.05) is 13.1 Å². The fourth-order valence-corrected chi connectivity index (χ4v) is 1.60. The molecule has 1 aromatic carbocycles. The molecule has 0 aromatic heterocycles. The van der Waals surface area contributed by atoms with E-state index in [-0.39, 0.29) is 13.1 Å². The molecule has 0 saturated carbocycles. The Labute approximate surface area is 105 Å². The van der Waals surface area contributed by atoms with E-state index in [0.717, 1.165) is 11.1 Å². The lowest BCUT2D eigenvalue weighted by Crippen LogP contribution is -2.28. The van der Waals surface area contributed by atoms with Crippen molar-refractivity contribution in [2.45, 2.75) is 25.6 Å². The van der Waals surface area contributed by atoms with E-state index in [1.165, 1.54) is 4.90 Å². The summed E-state index contributed by atoms with van der Waals surface area (Å²) in [5.74, 6) is 0. The van der Waals surface area contributed by atoms with Gasteiger partial charge in [0.1, 0.15) is 0 Å². The standard InChI is InChI=1S/C13H18F3NO/c1-10-3-5-11(6-4-10)12(18)9-17(2)8-7-13(14,15)16/h3-6,12,18H,7-9H2,1-2H3. The van der Waals surface area contributed by atoms with Crippen LogP contribution < -0.4 is 0 Å². The number of aliphatic hydroxyl groups excluding tert-OH is 1. The minimum Gasteiger partial charge on any atom is -0.387 e. The molecule has 1 N–H and O–H groups in total. The van der Waals surface area contributed by atoms with Gasteiger partial charge < -0.3 is 10.0 Å². The predicted molar refractivity (Wildman–Crippen MR) is 64.3 cm³/mol. The van der Waals surface area contributed by atoms with Gasteiger partial charge in [-0.2, -0.15) is 13.2 Å². The maximum absolute atomic E-state index is 12.0. The van der Waals surface area contributed by atoms with Gasteiger partial charge >= 0.3 is 6.18 Å². The van der Waals surface area contributed by atoms with Crippen molar-refractivity contribution in [1.29, 1.82) is 0 Å². The van der Waals surface area contributed by atoms with Crippen molar-refractivity contribution in [1.82, 2.24) is 4.90 Å². The first kappa shape index (κ1) is 15.0. The summed E-state index contributed by atoms with van der Waals surface area (Å²) in [5, 5.41) is 9.89. The van der Waals surface area contributed by atoms with E-state index in [9.17, 15) is 18.3 Å². The van der Waals surface area contributed by atoms with Crippen LogP contribution in [0, 0.1) is 6.92 Å². The smallest absolute Gasteiger partial charge is 0.387 e. The molecule has 5 heteroatoms. The predicted octanol–water partition coefficient (Wildman–Crippen LogP) is 2.91. The quantitative estimate of drug-likeness (QED) is 0.881. The number of halogens is 3. The van der Waals surface area contributed by atoms with E-state index in [4.69, 9.17) is 0 Å². The van der Waals surface area contributed by atoms with Gasteiger partial charge in [-0.15, -0.1) is 0 Å². The van der Waals surface area contributed by atoms with Crippen LogP contribution in [-0.2, 0) is 0 Å². The first-order valence-corrected chi connectivity index (χ1v) is 5.78. The van der Waals surface area contributed by atoms with Crippen LogP contribution in [0.1, 0.15) is 23.7 Å². The van der Waals surface area contributed by atoms with Crippen molar-refractivity contribution >= 4 is 0 Å². The van der Waals surface area contributed by atoms with Crippen LogP contribution >= 0.6 is 0 Å². The van der Waals surface area contributed by atoms with Crippen LogP contribution in [0.15, 0.2) is 24.3 Å². The molecule has 0 aliphatic heterocycles. The van der Waals surface area contributed by atoms with Gasteiger partial charge in [0.15, 0.2) is 0 Å². The number of hydrogen-bond acceptors (Lipinski definition) is 2. The second-order valence-electron chi connectivity index (χ2n) is 4.55. The molecule has 0 spiro atoms. The zero-order valence-corrected chi connectivity index (χ0v) is 10.5. The van der Waals surface area contributed by atoms with E-state index in [0.29, 0.717) is 0 Å². The number of benzene rings is 1. The van der Waals surface area contributed by atoms with E-state index in [1.54, 1.807) is 19.2 Å². The fraction of sp³-hybridized carbons (Fsp3) is 0.538. The van der Waals surface area contributed by atoms with Crippen molar-refractivity contribution in [3.05, 3.63) is 35.4 Å². The van der Waals surface area contributed by atoms with Crippen molar-refractivity contribution in [3.8, 4) is 0 Å². The maximum Gasteiger partial charge on any atom is 0.390 e. The Morgan fingerprint density at radius 3 is 2.28 bits per heavy atom. The number of aliphatic hydroxyl groups is 1. The summed E-state index contributed by atoms with van der Waals surface area (Å²) < 4.78 is 36.1. The number of aryl methyl sites for hydroxylation is 1. The van der Waals surface area contributed by atoms with Crippen LogP contribution in [-0.4, -0.2) is 36.3 Å². The average Bonchev–Trinajstić information content (AvgIpc) is 2.26. The van der Waals surface area contributed by atoms with Gasteiger partial charge in [-0.05, 0) is 19.5 Å². The van der Waals surface area contributed by atoms with Crippen molar-refractivity contribution in [2.24, 2.45) is 0 Å². The third kappa shape index (κ3) is 5.51. The molecular weight excluding hydrogens is 243 g/mol. The average molecular weight is 261 g/mol. The lowest BCUT2D eigenvalue weighted by molar-refractivity contribution is -0.137. The van der Waals surface area contributed by atoms with E-state index in [2.05, 4.69) is 0 Å². The second kappa shape index (κ2) is 6.20. The molecule has 0 fully saturated rings. The van der Waals surface area contributed by atoms with Crippen LogP contribution in [0.4, 0.5) is 13.2 Å². The molecule has 0 aliphatic carbocycles. The number of likely N-dealkylation sites (N-methyl/N-ethyl adjacent to an activating group) is 1. The van der Waals surface area contributed by atoms with Crippen LogP contribution in [0.5, 0.6) is 0 Å². The molecule has 0 radical (unpaired) electrons. The summed E-state index contributed by atoms with van der Waals surface area (Å²) in [6.07, 6.45) is -5.77. The minimum atomic E-state index is -4.15. The Morgan fingerprint density at radius 2 is 1.78 bits per heavy atom. The van der Waals surface area contributed by atoms with Gasteiger partial charge in [-0.3, -0.25) is 0 Å². The summed E-state index contributed by atoms with van der Waals surface area (Å²) in [6.45, 7) is 2.02. The molecule has 0 aliphatic rings. The topological polar surface area (TPSA) is 23.5 Å².